The lowest BCUT2D eigenvalue weighted by Crippen LogP contribution is -2.07. The normalized spacial score (nSPS) is 13.1. The van der Waals surface area contributed by atoms with Gasteiger partial charge in [-0.3, -0.25) is 4.57 Å². The molecule has 1 atom stereocenters. The lowest BCUT2D eigenvalue weighted by atomic mass is 10.2. The van der Waals surface area contributed by atoms with Gasteiger partial charge in [-0.05, 0) is 31.2 Å². The average Bonchev–Trinajstić information content (AvgIpc) is 3.35. The molecule has 138 valence electrons. The summed E-state index contributed by atoms with van der Waals surface area (Å²) in [5.41, 5.74) is 2.68. The van der Waals surface area contributed by atoms with Crippen LogP contribution in [-0.4, -0.2) is 29.9 Å². The maximum atomic E-state index is 10.8. The summed E-state index contributed by atoms with van der Waals surface area (Å²) >= 11 is 1.38. The number of para-hydroxylation sites is 3. The summed E-state index contributed by atoms with van der Waals surface area (Å²) in [7, 11) is 0. The predicted octanol–water partition coefficient (Wildman–Crippen LogP) is 4.72. The highest BCUT2D eigenvalue weighted by molar-refractivity contribution is 7.99. The van der Waals surface area contributed by atoms with Gasteiger partial charge in [0.05, 0.1) is 16.3 Å². The van der Waals surface area contributed by atoms with Crippen LogP contribution in [0.4, 0.5) is 0 Å². The minimum absolute atomic E-state index is 0.0332. The topological polar surface area (TPSA) is 90.5 Å². The van der Waals surface area contributed by atoms with Crippen LogP contribution in [0.5, 0.6) is 0 Å². The number of H-pyrrole nitrogens is 1. The summed E-state index contributed by atoms with van der Waals surface area (Å²) in [5.74, 6) is 0.328. The molecule has 0 amide bonds. The van der Waals surface area contributed by atoms with Crippen molar-refractivity contribution >= 4 is 28.4 Å². The monoisotopic (exact) mass is 387 g/mol. The number of aliphatic hydroxyl groups excluding tert-OH is 1. The van der Waals surface area contributed by atoms with Crippen molar-refractivity contribution in [3.05, 3.63) is 78.6 Å². The summed E-state index contributed by atoms with van der Waals surface area (Å²) in [5, 5.41) is 20.7. The van der Waals surface area contributed by atoms with Crippen LogP contribution >= 0.6 is 11.8 Å². The minimum atomic E-state index is -0.382. The van der Waals surface area contributed by atoms with Gasteiger partial charge in [-0.2, -0.15) is 5.26 Å². The molecule has 0 bridgehead atoms. The smallest absolute Gasteiger partial charge is 0.173 e. The molecule has 7 heteroatoms. The molecule has 0 radical (unpaired) electrons. The molecule has 0 aliphatic carbocycles. The molecule has 0 aliphatic rings. The van der Waals surface area contributed by atoms with E-state index in [1.165, 1.54) is 11.8 Å². The number of aromatic amines is 1. The van der Waals surface area contributed by atoms with Gasteiger partial charge in [-0.1, -0.05) is 42.1 Å². The van der Waals surface area contributed by atoms with E-state index in [4.69, 9.17) is 0 Å². The molecule has 4 rings (SSSR count). The molecule has 0 saturated carbocycles. The number of benzene rings is 2. The molecule has 0 aliphatic heterocycles. The van der Waals surface area contributed by atoms with Gasteiger partial charge in [0.15, 0.2) is 11.0 Å². The second-order valence-corrected chi connectivity index (χ2v) is 7.46. The number of nitrogens with zero attached hydrogens (tertiary/aromatic N) is 4. The van der Waals surface area contributed by atoms with Crippen molar-refractivity contribution in [3.63, 3.8) is 0 Å². The van der Waals surface area contributed by atoms with Gasteiger partial charge >= 0.3 is 0 Å². The molecule has 2 heterocycles. The Labute approximate surface area is 166 Å². The fraction of sp³-hybridized carbons (Fsp3) is 0.0952. The molecule has 2 aromatic heterocycles. The third-order valence-electron chi connectivity index (χ3n) is 4.30. The molecule has 2 N–H and O–H groups in total. The first-order chi connectivity index (χ1) is 13.7. The predicted molar refractivity (Wildman–Crippen MR) is 110 cm³/mol. The molecule has 0 unspecified atom stereocenters. The van der Waals surface area contributed by atoms with E-state index in [9.17, 15) is 10.4 Å². The zero-order chi connectivity index (χ0) is 19.5. The SMILES string of the molecule is C[C@H](Sc1nccn1-c1ccccc1)C(O)=C(C#N)c1nc2ccccc2[nH]1. The second kappa shape index (κ2) is 7.62. The zero-order valence-electron chi connectivity index (χ0n) is 15.1. The van der Waals surface area contributed by atoms with Crippen LogP contribution in [-0.2, 0) is 0 Å². The van der Waals surface area contributed by atoms with Gasteiger partial charge in [0.25, 0.3) is 0 Å². The van der Waals surface area contributed by atoms with E-state index in [1.54, 1.807) is 6.20 Å². The Morgan fingerprint density at radius 1 is 1.18 bits per heavy atom. The first-order valence-corrected chi connectivity index (χ1v) is 9.59. The molecule has 6 nitrogen and oxygen atoms in total. The third kappa shape index (κ3) is 3.38. The van der Waals surface area contributed by atoms with Gasteiger partial charge in [0.1, 0.15) is 17.4 Å². The number of nitriles is 1. The Balaban J connectivity index is 1.65. The second-order valence-electron chi connectivity index (χ2n) is 6.15. The number of imidazole rings is 2. The Bertz CT molecular complexity index is 1150. The number of hydrogen-bond acceptors (Lipinski definition) is 5. The lowest BCUT2D eigenvalue weighted by molar-refractivity contribution is 0.401. The summed E-state index contributed by atoms with van der Waals surface area (Å²) in [6.45, 7) is 1.84. The van der Waals surface area contributed by atoms with Crippen LogP contribution in [0, 0.1) is 11.3 Å². The fourth-order valence-electron chi connectivity index (χ4n) is 2.88. The van der Waals surface area contributed by atoms with E-state index in [2.05, 4.69) is 21.0 Å². The molecule has 0 saturated heterocycles. The van der Waals surface area contributed by atoms with E-state index < -0.39 is 0 Å². The van der Waals surface area contributed by atoms with Gasteiger partial charge in [0.2, 0.25) is 0 Å². The van der Waals surface area contributed by atoms with Gasteiger partial charge in [0, 0.05) is 18.1 Å². The van der Waals surface area contributed by atoms with Crippen LogP contribution in [0.15, 0.2) is 77.9 Å². The van der Waals surface area contributed by atoms with Crippen LogP contribution in [0.1, 0.15) is 12.7 Å². The zero-order valence-corrected chi connectivity index (χ0v) is 15.9. The maximum Gasteiger partial charge on any atom is 0.173 e. The number of aliphatic hydroxyl groups is 1. The van der Waals surface area contributed by atoms with E-state index >= 15 is 0 Å². The van der Waals surface area contributed by atoms with Crippen molar-refractivity contribution in [2.45, 2.75) is 17.3 Å². The molecule has 0 fully saturated rings. The number of hydrogen-bond donors (Lipinski definition) is 2. The van der Waals surface area contributed by atoms with E-state index in [0.29, 0.717) is 5.82 Å². The van der Waals surface area contributed by atoms with Crippen LogP contribution in [0.25, 0.3) is 22.3 Å². The Hall–Kier alpha value is -3.50. The van der Waals surface area contributed by atoms with Gasteiger partial charge in [-0.25, -0.2) is 9.97 Å². The molecule has 28 heavy (non-hydrogen) atoms. The summed E-state index contributed by atoms with van der Waals surface area (Å²) in [6.07, 6.45) is 3.59. The molecule has 2 aromatic carbocycles. The van der Waals surface area contributed by atoms with Crippen molar-refractivity contribution in [1.29, 1.82) is 5.26 Å². The number of allylic oxidation sites excluding steroid dienone is 1. The maximum absolute atomic E-state index is 10.8. The van der Waals surface area contributed by atoms with Crippen LogP contribution in [0.3, 0.4) is 0 Å². The first-order valence-electron chi connectivity index (χ1n) is 8.71. The molecular weight excluding hydrogens is 370 g/mol. The van der Waals surface area contributed by atoms with Crippen molar-refractivity contribution < 1.29 is 5.11 Å². The quantitative estimate of drug-likeness (QED) is 0.294. The van der Waals surface area contributed by atoms with Crippen LogP contribution < -0.4 is 0 Å². The number of thioether (sulfide) groups is 1. The highest BCUT2D eigenvalue weighted by Crippen LogP contribution is 2.31. The van der Waals surface area contributed by atoms with Crippen molar-refractivity contribution in [2.75, 3.05) is 0 Å². The van der Waals surface area contributed by atoms with Gasteiger partial charge < -0.3 is 10.1 Å². The highest BCUT2D eigenvalue weighted by Gasteiger charge is 2.21. The van der Waals surface area contributed by atoms with E-state index in [1.807, 2.05) is 72.3 Å². The fourth-order valence-corrected chi connectivity index (χ4v) is 3.83. The molecular formula is C21H17N5OS. The average molecular weight is 387 g/mol. The number of nitrogens with one attached hydrogen (secondary N) is 1. The molecule has 0 spiro atoms. The summed E-state index contributed by atoms with van der Waals surface area (Å²) < 4.78 is 1.95. The first kappa shape index (κ1) is 17.9. The van der Waals surface area contributed by atoms with E-state index in [0.717, 1.165) is 21.9 Å². The Morgan fingerprint density at radius 3 is 2.68 bits per heavy atom. The lowest BCUT2D eigenvalue weighted by Gasteiger charge is -2.13. The van der Waals surface area contributed by atoms with Crippen molar-refractivity contribution in [1.82, 2.24) is 19.5 Å². The number of aromatic nitrogens is 4. The van der Waals surface area contributed by atoms with Crippen LogP contribution in [0.2, 0.25) is 0 Å². The standard InChI is InChI=1S/C21H17N5OS/c1-14(28-21-23-11-12-26(21)15-7-3-2-4-8-15)19(27)16(13-22)20-24-17-9-5-6-10-18(17)25-20/h2-12,14,27H,1H3,(H,24,25)/t14-/m0/s1. The van der Waals surface area contributed by atoms with Gasteiger partial charge in [-0.15, -0.1) is 0 Å². The van der Waals surface area contributed by atoms with E-state index in [-0.39, 0.29) is 16.6 Å². The summed E-state index contributed by atoms with van der Waals surface area (Å²) in [4.78, 5) is 11.9. The number of fused-ring (bicyclic) bond motifs is 1. The third-order valence-corrected chi connectivity index (χ3v) is 5.39. The number of rotatable bonds is 5. The Morgan fingerprint density at radius 2 is 1.93 bits per heavy atom. The largest absolute Gasteiger partial charge is 0.510 e. The summed E-state index contributed by atoms with van der Waals surface area (Å²) in [6, 6.07) is 19.4. The van der Waals surface area contributed by atoms with Crippen molar-refractivity contribution in [3.8, 4) is 11.8 Å². The van der Waals surface area contributed by atoms with Crippen molar-refractivity contribution in [2.24, 2.45) is 0 Å². The molecule has 4 aromatic rings. The highest BCUT2D eigenvalue weighted by atomic mass is 32.2. The minimum Gasteiger partial charge on any atom is -0.510 e. The Kier molecular flexibility index (Phi) is 4.87.